The molecule has 6 rings (SSSR count). The number of carbonyl (C=O) groups is 2. The number of amides is 2. The van der Waals surface area contributed by atoms with Crippen LogP contribution in [0.3, 0.4) is 0 Å². The van der Waals surface area contributed by atoms with Crippen LogP contribution < -0.4 is 21.6 Å². The number of hydrogen-bond acceptors (Lipinski definition) is 6. The quantitative estimate of drug-likeness (QED) is 0.242. The average molecular weight is 639 g/mol. The molecular weight excluding hydrogens is 615 g/mol. The number of anilines is 2. The van der Waals surface area contributed by atoms with Crippen molar-refractivity contribution < 1.29 is 37.7 Å². The summed E-state index contributed by atoms with van der Waals surface area (Å²) in [5, 5.41) is 25.6. The molecule has 0 saturated carbocycles. The zero-order chi connectivity index (χ0) is 31.7. The molecule has 44 heavy (non-hydrogen) atoms. The van der Waals surface area contributed by atoms with Gasteiger partial charge in [-0.3, -0.25) is 9.59 Å². The molecular formula is C30H24B2Cl2F2N2O6. The van der Waals surface area contributed by atoms with E-state index in [1.165, 1.54) is 50.2 Å². The third kappa shape index (κ3) is 6.81. The molecule has 4 N–H and O–H groups in total. The Morgan fingerprint density at radius 1 is 0.727 bits per heavy atom. The predicted octanol–water partition coefficient (Wildman–Crippen LogP) is 4.64. The van der Waals surface area contributed by atoms with Crippen LogP contribution in [0, 0.1) is 11.6 Å². The number of halogens is 4. The Bertz CT molecular complexity index is 1800. The number of rotatable bonds is 4. The van der Waals surface area contributed by atoms with Crippen molar-refractivity contribution in [1.29, 1.82) is 0 Å². The summed E-state index contributed by atoms with van der Waals surface area (Å²) in [5.74, 6) is -1.43. The lowest BCUT2D eigenvalue weighted by Crippen LogP contribution is -2.28. The molecule has 2 heterocycles. The number of nitrogens with one attached hydrogen (secondary N) is 2. The molecule has 0 radical (unpaired) electrons. The summed E-state index contributed by atoms with van der Waals surface area (Å²) in [5.41, 5.74) is 5.31. The second-order valence-electron chi connectivity index (χ2n) is 10.1. The predicted molar refractivity (Wildman–Crippen MR) is 167 cm³/mol. The fourth-order valence-electron chi connectivity index (χ4n) is 4.95. The first-order valence-corrected chi connectivity index (χ1v) is 14.1. The molecule has 0 atom stereocenters. The Hall–Kier alpha value is -3.77. The van der Waals surface area contributed by atoms with Gasteiger partial charge in [-0.15, -0.1) is 0 Å². The fourth-order valence-corrected chi connectivity index (χ4v) is 5.53. The highest BCUT2D eigenvalue weighted by atomic mass is 35.5. The molecule has 0 unspecified atom stereocenters. The first kappa shape index (κ1) is 31.6. The third-order valence-corrected chi connectivity index (χ3v) is 7.57. The molecule has 224 valence electrons. The molecule has 8 nitrogen and oxygen atoms in total. The van der Waals surface area contributed by atoms with Gasteiger partial charge in [0.1, 0.15) is 11.6 Å². The highest BCUT2D eigenvalue weighted by molar-refractivity contribution is 6.62. The van der Waals surface area contributed by atoms with Crippen molar-refractivity contribution in [3.8, 4) is 22.3 Å². The third-order valence-electron chi connectivity index (χ3n) is 6.94. The highest BCUT2D eigenvalue weighted by Crippen LogP contribution is 2.36. The van der Waals surface area contributed by atoms with E-state index >= 15 is 0 Å². The maximum absolute atomic E-state index is 14.2. The van der Waals surface area contributed by atoms with Gasteiger partial charge in [0.25, 0.3) is 0 Å². The number of hydrogen-bond donors (Lipinski definition) is 4. The van der Waals surface area contributed by atoms with Crippen molar-refractivity contribution in [2.24, 2.45) is 0 Å². The van der Waals surface area contributed by atoms with Crippen LogP contribution in [0.2, 0.25) is 10.0 Å². The lowest BCUT2D eigenvalue weighted by molar-refractivity contribution is -0.115. The van der Waals surface area contributed by atoms with Crippen LogP contribution in [0.1, 0.15) is 25.0 Å². The first-order chi connectivity index (χ1) is 20.9. The van der Waals surface area contributed by atoms with Crippen molar-refractivity contribution in [2.45, 2.75) is 27.1 Å². The van der Waals surface area contributed by atoms with Gasteiger partial charge >= 0.3 is 14.2 Å². The minimum absolute atomic E-state index is 0.248. The zero-order valence-electron chi connectivity index (χ0n) is 23.4. The van der Waals surface area contributed by atoms with E-state index in [4.69, 9.17) is 32.5 Å². The molecule has 2 aliphatic rings. The lowest BCUT2D eigenvalue weighted by Gasteiger charge is -2.13. The molecule has 0 aromatic heterocycles. The van der Waals surface area contributed by atoms with E-state index in [9.17, 15) is 28.4 Å². The first-order valence-electron chi connectivity index (χ1n) is 13.3. The van der Waals surface area contributed by atoms with Gasteiger partial charge in [0, 0.05) is 57.5 Å². The Morgan fingerprint density at radius 3 is 1.82 bits per heavy atom. The number of carbonyl (C=O) groups excluding carboxylic acids is 2. The van der Waals surface area contributed by atoms with Crippen molar-refractivity contribution in [2.75, 3.05) is 10.6 Å². The maximum Gasteiger partial charge on any atom is 0.491 e. The summed E-state index contributed by atoms with van der Waals surface area (Å²) in [6.45, 7) is 3.29. The molecule has 0 saturated heterocycles. The summed E-state index contributed by atoms with van der Waals surface area (Å²) in [7, 11) is -2.06. The minimum atomic E-state index is -1.03. The Balaban J connectivity index is 0.000000175. The lowest BCUT2D eigenvalue weighted by atomic mass is 9.78. The van der Waals surface area contributed by atoms with E-state index < -0.39 is 25.9 Å². The average Bonchev–Trinajstić information content (AvgIpc) is 3.50. The second kappa shape index (κ2) is 13.1. The van der Waals surface area contributed by atoms with Gasteiger partial charge in [0.15, 0.2) is 0 Å². The fraction of sp³-hybridized carbons (Fsp3) is 0.133. The molecule has 0 bridgehead atoms. The largest absolute Gasteiger partial charge is 0.491 e. The van der Waals surface area contributed by atoms with Gasteiger partial charge in [0.2, 0.25) is 11.8 Å². The Morgan fingerprint density at radius 2 is 1.27 bits per heavy atom. The summed E-state index contributed by atoms with van der Waals surface area (Å²) < 4.78 is 38.0. The smallest absolute Gasteiger partial charge is 0.423 e. The molecule has 0 fully saturated rings. The van der Waals surface area contributed by atoms with E-state index in [1.807, 2.05) is 0 Å². The second-order valence-corrected chi connectivity index (χ2v) is 10.9. The van der Waals surface area contributed by atoms with Gasteiger partial charge < -0.3 is 30.0 Å². The standard InChI is InChI=1S/2C15H12BClFNO3/c1-8(20)19-10-2-3-15(18)12(5-10)11-6-13-9(4-14(11)17)7-22-16(13)21;1-8(20)19-15-3-2-10(18)5-12(15)11-6-13-9(4-14(11)17)7-22-16(13)21/h2*2-6,21H,7H2,1H3,(H,19,20). The van der Waals surface area contributed by atoms with E-state index in [0.29, 0.717) is 49.0 Å². The topological polar surface area (TPSA) is 117 Å². The van der Waals surface area contributed by atoms with Crippen molar-refractivity contribution in [1.82, 2.24) is 0 Å². The SMILES string of the molecule is CC(=O)Nc1ccc(F)c(-c2cc3c(cc2Cl)COB3O)c1.CC(=O)Nc1ccc(F)cc1-c1cc2c(cc1Cl)COB2O. The number of fused-ring (bicyclic) bond motifs is 2. The van der Waals surface area contributed by atoms with Gasteiger partial charge in [-0.25, -0.2) is 8.78 Å². The van der Waals surface area contributed by atoms with Crippen LogP contribution in [0.4, 0.5) is 20.2 Å². The summed E-state index contributed by atoms with van der Waals surface area (Å²) in [6.07, 6.45) is 0. The van der Waals surface area contributed by atoms with Crippen LogP contribution in [0.5, 0.6) is 0 Å². The van der Waals surface area contributed by atoms with Crippen molar-refractivity contribution >= 4 is 71.6 Å². The molecule has 2 aliphatic heterocycles. The molecule has 2 amide bonds. The number of benzene rings is 4. The summed E-state index contributed by atoms with van der Waals surface area (Å²) in [6, 6.07) is 14.9. The van der Waals surface area contributed by atoms with E-state index in [1.54, 1.807) is 24.3 Å². The minimum Gasteiger partial charge on any atom is -0.423 e. The van der Waals surface area contributed by atoms with Gasteiger partial charge in [-0.2, -0.15) is 0 Å². The zero-order valence-corrected chi connectivity index (χ0v) is 24.9. The molecule has 0 spiro atoms. The highest BCUT2D eigenvalue weighted by Gasteiger charge is 2.30. The van der Waals surface area contributed by atoms with E-state index in [-0.39, 0.29) is 30.6 Å². The van der Waals surface area contributed by atoms with E-state index in [0.717, 1.165) is 11.1 Å². The van der Waals surface area contributed by atoms with Crippen LogP contribution >= 0.6 is 23.2 Å². The van der Waals surface area contributed by atoms with E-state index in [2.05, 4.69) is 10.6 Å². The molecule has 4 aromatic carbocycles. The van der Waals surface area contributed by atoms with Gasteiger partial charge in [-0.1, -0.05) is 35.3 Å². The van der Waals surface area contributed by atoms with Crippen LogP contribution in [0.15, 0.2) is 60.7 Å². The Labute approximate surface area is 262 Å². The van der Waals surface area contributed by atoms with Crippen LogP contribution in [0.25, 0.3) is 22.3 Å². The molecule has 4 aromatic rings. The normalized spacial score (nSPS) is 13.2. The molecule has 14 heteroatoms. The monoisotopic (exact) mass is 638 g/mol. The van der Waals surface area contributed by atoms with Crippen LogP contribution in [-0.2, 0) is 32.1 Å². The maximum atomic E-state index is 14.2. The van der Waals surface area contributed by atoms with Gasteiger partial charge in [0.05, 0.1) is 13.2 Å². The van der Waals surface area contributed by atoms with Crippen LogP contribution in [-0.4, -0.2) is 36.1 Å². The van der Waals surface area contributed by atoms with Crippen molar-refractivity contribution in [3.05, 3.63) is 93.5 Å². The summed E-state index contributed by atoms with van der Waals surface area (Å²) in [4.78, 5) is 22.4. The van der Waals surface area contributed by atoms with Gasteiger partial charge in [-0.05, 0) is 70.6 Å². The molecule has 0 aliphatic carbocycles. The summed E-state index contributed by atoms with van der Waals surface area (Å²) >= 11 is 12.5. The van der Waals surface area contributed by atoms with Crippen molar-refractivity contribution in [3.63, 3.8) is 0 Å². The Kier molecular flexibility index (Phi) is 9.40.